The number of tetrazole rings is 1. The monoisotopic (exact) mass is 427 g/mol. The molecule has 1 aliphatic rings. The second-order valence-electron chi connectivity index (χ2n) is 7.05. The SMILES string of the molecule is CCCOc1c(Cl)cc(C(=O)Nc2cccc(-c3nnnn3C3CC3)c2)cc1OC. The Kier molecular flexibility index (Phi) is 5.85. The summed E-state index contributed by atoms with van der Waals surface area (Å²) in [7, 11) is 1.51. The van der Waals surface area contributed by atoms with E-state index in [0.717, 1.165) is 24.8 Å². The maximum absolute atomic E-state index is 12.8. The van der Waals surface area contributed by atoms with Crippen LogP contribution in [0.3, 0.4) is 0 Å². The Morgan fingerprint density at radius 2 is 2.13 bits per heavy atom. The number of halogens is 1. The molecule has 0 spiro atoms. The number of benzene rings is 2. The highest BCUT2D eigenvalue weighted by atomic mass is 35.5. The Labute approximate surface area is 179 Å². The lowest BCUT2D eigenvalue weighted by Crippen LogP contribution is -2.12. The Morgan fingerprint density at radius 3 is 2.87 bits per heavy atom. The van der Waals surface area contributed by atoms with Crippen LogP contribution in [0.2, 0.25) is 5.02 Å². The quantitative estimate of drug-likeness (QED) is 0.573. The van der Waals surface area contributed by atoms with Crippen LogP contribution in [0.5, 0.6) is 11.5 Å². The molecule has 30 heavy (non-hydrogen) atoms. The van der Waals surface area contributed by atoms with Gasteiger partial charge in [0.05, 0.1) is 24.8 Å². The molecule has 1 heterocycles. The predicted octanol–water partition coefficient (Wildman–Crippen LogP) is 4.38. The first-order valence-electron chi connectivity index (χ1n) is 9.80. The molecule has 9 heteroatoms. The van der Waals surface area contributed by atoms with E-state index < -0.39 is 0 Å². The third kappa shape index (κ3) is 4.23. The molecule has 4 rings (SSSR count). The van der Waals surface area contributed by atoms with Gasteiger partial charge in [0.15, 0.2) is 17.3 Å². The van der Waals surface area contributed by atoms with E-state index in [0.29, 0.717) is 46.2 Å². The van der Waals surface area contributed by atoms with Crippen LogP contribution in [-0.2, 0) is 0 Å². The van der Waals surface area contributed by atoms with E-state index >= 15 is 0 Å². The van der Waals surface area contributed by atoms with Crippen molar-refractivity contribution in [1.29, 1.82) is 0 Å². The number of carbonyl (C=O) groups excluding carboxylic acids is 1. The highest BCUT2D eigenvalue weighted by Gasteiger charge is 2.28. The third-order valence-electron chi connectivity index (χ3n) is 4.71. The minimum Gasteiger partial charge on any atom is -0.493 e. The summed E-state index contributed by atoms with van der Waals surface area (Å²) < 4.78 is 12.8. The summed E-state index contributed by atoms with van der Waals surface area (Å²) in [5, 5.41) is 15.2. The van der Waals surface area contributed by atoms with Crippen molar-refractivity contribution >= 4 is 23.2 Å². The molecule has 1 N–H and O–H groups in total. The molecule has 1 aromatic heterocycles. The molecule has 0 atom stereocenters. The zero-order valence-corrected chi connectivity index (χ0v) is 17.5. The number of amides is 1. The number of hydrogen-bond acceptors (Lipinski definition) is 6. The molecule has 1 aliphatic carbocycles. The second kappa shape index (κ2) is 8.71. The molecule has 1 saturated carbocycles. The van der Waals surface area contributed by atoms with Gasteiger partial charge in [-0.2, -0.15) is 0 Å². The summed E-state index contributed by atoms with van der Waals surface area (Å²) in [6.07, 6.45) is 2.99. The molecule has 3 aromatic rings. The molecule has 1 fully saturated rings. The second-order valence-corrected chi connectivity index (χ2v) is 7.46. The van der Waals surface area contributed by atoms with Gasteiger partial charge in [-0.1, -0.05) is 30.7 Å². The largest absolute Gasteiger partial charge is 0.493 e. The molecule has 0 unspecified atom stereocenters. The van der Waals surface area contributed by atoms with Crippen molar-refractivity contribution in [2.45, 2.75) is 32.2 Å². The van der Waals surface area contributed by atoms with E-state index in [4.69, 9.17) is 21.1 Å². The summed E-state index contributed by atoms with van der Waals surface area (Å²) in [4.78, 5) is 12.8. The summed E-state index contributed by atoms with van der Waals surface area (Å²) in [5.74, 6) is 1.23. The molecule has 0 saturated heterocycles. The summed E-state index contributed by atoms with van der Waals surface area (Å²) in [6, 6.07) is 11.0. The minimum atomic E-state index is -0.309. The lowest BCUT2D eigenvalue weighted by molar-refractivity contribution is 0.102. The van der Waals surface area contributed by atoms with E-state index in [-0.39, 0.29) is 5.91 Å². The number of anilines is 1. The fraction of sp³-hybridized carbons (Fsp3) is 0.333. The molecule has 1 amide bonds. The van der Waals surface area contributed by atoms with Crippen molar-refractivity contribution in [3.8, 4) is 22.9 Å². The van der Waals surface area contributed by atoms with Gasteiger partial charge in [-0.3, -0.25) is 4.79 Å². The number of nitrogens with zero attached hydrogens (tertiary/aromatic N) is 4. The van der Waals surface area contributed by atoms with Gasteiger partial charge in [0.2, 0.25) is 0 Å². The lowest BCUT2D eigenvalue weighted by Gasteiger charge is -2.14. The molecular formula is C21H22ClN5O3. The van der Waals surface area contributed by atoms with Crippen LogP contribution >= 0.6 is 11.6 Å². The molecule has 0 radical (unpaired) electrons. The van der Waals surface area contributed by atoms with Gasteiger partial charge < -0.3 is 14.8 Å². The predicted molar refractivity (Wildman–Crippen MR) is 113 cm³/mol. The number of methoxy groups -OCH3 is 1. The van der Waals surface area contributed by atoms with E-state index in [1.54, 1.807) is 12.1 Å². The van der Waals surface area contributed by atoms with E-state index in [1.807, 2.05) is 35.9 Å². The van der Waals surface area contributed by atoms with Crippen molar-refractivity contribution < 1.29 is 14.3 Å². The molecule has 8 nitrogen and oxygen atoms in total. The Balaban J connectivity index is 1.55. The standard InChI is InChI=1S/C21H22ClN5O3/c1-3-9-30-19-17(22)11-14(12-18(19)29-2)21(28)23-15-6-4-5-13(10-15)20-24-25-26-27(20)16-7-8-16/h4-6,10-12,16H,3,7-9H2,1-2H3,(H,23,28). The minimum absolute atomic E-state index is 0.309. The van der Waals surface area contributed by atoms with E-state index in [1.165, 1.54) is 7.11 Å². The Morgan fingerprint density at radius 1 is 1.30 bits per heavy atom. The van der Waals surface area contributed by atoms with Gasteiger partial charge in [-0.15, -0.1) is 5.10 Å². The smallest absolute Gasteiger partial charge is 0.255 e. The van der Waals surface area contributed by atoms with E-state index in [2.05, 4.69) is 20.8 Å². The van der Waals surface area contributed by atoms with Gasteiger partial charge in [0.25, 0.3) is 5.91 Å². The number of rotatable bonds is 8. The summed E-state index contributed by atoms with van der Waals surface area (Å²) in [5.41, 5.74) is 1.83. The van der Waals surface area contributed by atoms with Gasteiger partial charge in [-0.05, 0) is 54.0 Å². The van der Waals surface area contributed by atoms with Crippen LogP contribution in [0.15, 0.2) is 36.4 Å². The lowest BCUT2D eigenvalue weighted by atomic mass is 10.1. The van der Waals surface area contributed by atoms with E-state index in [9.17, 15) is 4.79 Å². The van der Waals surface area contributed by atoms with Gasteiger partial charge in [0, 0.05) is 16.8 Å². The third-order valence-corrected chi connectivity index (χ3v) is 4.99. The highest BCUT2D eigenvalue weighted by Crippen LogP contribution is 2.38. The molecule has 2 aromatic carbocycles. The van der Waals surface area contributed by atoms with Gasteiger partial charge in [-0.25, -0.2) is 4.68 Å². The number of carbonyl (C=O) groups is 1. The maximum atomic E-state index is 12.8. The fourth-order valence-electron chi connectivity index (χ4n) is 3.08. The normalized spacial score (nSPS) is 13.2. The zero-order valence-electron chi connectivity index (χ0n) is 16.8. The maximum Gasteiger partial charge on any atom is 0.255 e. The van der Waals surface area contributed by atoms with Crippen molar-refractivity contribution in [1.82, 2.24) is 20.2 Å². The van der Waals surface area contributed by atoms with Crippen LogP contribution in [0, 0.1) is 0 Å². The van der Waals surface area contributed by atoms with Crippen LogP contribution < -0.4 is 14.8 Å². The van der Waals surface area contributed by atoms with Gasteiger partial charge in [0.1, 0.15) is 0 Å². The first-order chi connectivity index (χ1) is 14.6. The van der Waals surface area contributed by atoms with Crippen LogP contribution in [-0.4, -0.2) is 39.8 Å². The average Bonchev–Trinajstić information content (AvgIpc) is 3.48. The van der Waals surface area contributed by atoms with Crippen molar-refractivity contribution in [2.24, 2.45) is 0 Å². The first-order valence-corrected chi connectivity index (χ1v) is 10.2. The Bertz CT molecular complexity index is 1060. The highest BCUT2D eigenvalue weighted by molar-refractivity contribution is 6.32. The number of aromatic nitrogens is 4. The average molecular weight is 428 g/mol. The van der Waals surface area contributed by atoms with Crippen molar-refractivity contribution in [2.75, 3.05) is 19.0 Å². The topological polar surface area (TPSA) is 91.2 Å². The van der Waals surface area contributed by atoms with Crippen LogP contribution in [0.4, 0.5) is 5.69 Å². The summed E-state index contributed by atoms with van der Waals surface area (Å²) in [6.45, 7) is 2.51. The molecular weight excluding hydrogens is 406 g/mol. The number of ether oxygens (including phenoxy) is 2. The number of hydrogen-bond donors (Lipinski definition) is 1. The molecule has 0 aliphatic heterocycles. The fourth-order valence-corrected chi connectivity index (χ4v) is 3.35. The first kappa shape index (κ1) is 20.2. The number of nitrogens with one attached hydrogen (secondary N) is 1. The van der Waals surface area contributed by atoms with Crippen molar-refractivity contribution in [3.63, 3.8) is 0 Å². The molecule has 156 valence electrons. The molecule has 0 bridgehead atoms. The zero-order chi connectivity index (χ0) is 21.1. The van der Waals surface area contributed by atoms with Gasteiger partial charge >= 0.3 is 0 Å². The summed E-state index contributed by atoms with van der Waals surface area (Å²) >= 11 is 6.33. The van der Waals surface area contributed by atoms with Crippen molar-refractivity contribution in [3.05, 3.63) is 47.0 Å². The van der Waals surface area contributed by atoms with Crippen LogP contribution in [0.25, 0.3) is 11.4 Å². The Hall–Kier alpha value is -3.13. The van der Waals surface area contributed by atoms with Crippen LogP contribution in [0.1, 0.15) is 42.6 Å².